The Morgan fingerprint density at radius 3 is 2.38 bits per heavy atom. The molecule has 0 unspecified atom stereocenters. The minimum absolute atomic E-state index is 0.0370. The average Bonchev–Trinajstić information content (AvgIpc) is 3.48. The summed E-state index contributed by atoms with van der Waals surface area (Å²) < 4.78 is 60.0. The van der Waals surface area contributed by atoms with Crippen molar-refractivity contribution in [2.24, 2.45) is 7.05 Å². The van der Waals surface area contributed by atoms with E-state index in [1.54, 1.807) is 12.3 Å². The van der Waals surface area contributed by atoms with Crippen LogP contribution in [0.4, 0.5) is 23.4 Å². The maximum Gasteiger partial charge on any atom is 0.490 e. The van der Waals surface area contributed by atoms with Crippen molar-refractivity contribution in [2.75, 3.05) is 11.9 Å². The van der Waals surface area contributed by atoms with Crippen LogP contribution in [0, 0.1) is 5.95 Å². The number of aromatic nitrogens is 4. The average molecular weight is 527 g/mol. The van der Waals surface area contributed by atoms with Crippen molar-refractivity contribution in [3.8, 4) is 5.75 Å². The van der Waals surface area contributed by atoms with Gasteiger partial charge in [0.05, 0.1) is 29.6 Å². The summed E-state index contributed by atoms with van der Waals surface area (Å²) in [6.45, 7) is 6.58. The molecule has 0 aromatic carbocycles. The molecular weight excluding hydrogens is 502 g/mol. The highest BCUT2D eigenvalue weighted by atomic mass is 19.4. The first-order valence-electron chi connectivity index (χ1n) is 11.3. The first kappa shape index (κ1) is 26.4. The molecule has 6 rings (SSSR count). The zero-order chi connectivity index (χ0) is 27.3. The molecule has 2 aliphatic heterocycles. The largest absolute Gasteiger partial charge is 0.490 e. The van der Waals surface area contributed by atoms with E-state index < -0.39 is 24.0 Å². The zero-order valence-corrected chi connectivity index (χ0v) is 20.4. The van der Waals surface area contributed by atoms with Gasteiger partial charge in [0.2, 0.25) is 5.95 Å². The van der Waals surface area contributed by atoms with Crippen LogP contribution in [0.1, 0.15) is 49.7 Å². The number of anilines is 1. The predicted molar refractivity (Wildman–Crippen MR) is 121 cm³/mol. The lowest BCUT2D eigenvalue weighted by molar-refractivity contribution is -0.192. The van der Waals surface area contributed by atoms with Crippen LogP contribution in [0.3, 0.4) is 0 Å². The third kappa shape index (κ3) is 5.24. The summed E-state index contributed by atoms with van der Waals surface area (Å²) in [4.78, 5) is 26.6. The van der Waals surface area contributed by atoms with Gasteiger partial charge >= 0.3 is 12.1 Å². The minimum Gasteiger partial charge on any atom is -0.490 e. The smallest absolute Gasteiger partial charge is 0.490 e. The maximum atomic E-state index is 13.6. The van der Waals surface area contributed by atoms with Crippen LogP contribution in [-0.4, -0.2) is 60.6 Å². The van der Waals surface area contributed by atoms with Gasteiger partial charge in [-0.05, 0) is 33.6 Å². The summed E-state index contributed by atoms with van der Waals surface area (Å²) in [6.07, 6.45) is 0.354. The first-order chi connectivity index (χ1) is 17.1. The van der Waals surface area contributed by atoms with Gasteiger partial charge in [0.15, 0.2) is 5.82 Å². The molecule has 1 saturated carbocycles. The van der Waals surface area contributed by atoms with E-state index in [0.717, 1.165) is 23.2 Å². The molecule has 1 amide bonds. The Morgan fingerprint density at radius 2 is 1.89 bits per heavy atom. The van der Waals surface area contributed by atoms with Crippen LogP contribution in [0.25, 0.3) is 5.65 Å². The summed E-state index contributed by atoms with van der Waals surface area (Å²) in [5.41, 5.74) is 1.91. The predicted octanol–water partition coefficient (Wildman–Crippen LogP) is 3.70. The maximum absolute atomic E-state index is 13.6. The Balaban J connectivity index is 0.000000405. The van der Waals surface area contributed by atoms with E-state index in [0.29, 0.717) is 23.6 Å². The molecule has 3 fully saturated rings. The molecule has 3 aromatic rings. The minimum atomic E-state index is -5.08. The molecule has 5 heterocycles. The lowest BCUT2D eigenvalue weighted by Crippen LogP contribution is -2.45. The topological polar surface area (TPSA) is 120 Å². The van der Waals surface area contributed by atoms with E-state index in [1.807, 2.05) is 24.4 Å². The van der Waals surface area contributed by atoms with Crippen LogP contribution >= 0.6 is 0 Å². The number of hydrogen-bond acceptors (Lipinski definition) is 6. The highest BCUT2D eigenvalue weighted by Crippen LogP contribution is 2.58. The van der Waals surface area contributed by atoms with Crippen molar-refractivity contribution in [3.05, 3.63) is 41.7 Å². The van der Waals surface area contributed by atoms with Gasteiger partial charge in [0, 0.05) is 37.0 Å². The van der Waals surface area contributed by atoms with Gasteiger partial charge in [0.1, 0.15) is 11.4 Å². The summed E-state index contributed by atoms with van der Waals surface area (Å²) in [6, 6.07) is 2.93. The molecule has 10 nitrogen and oxygen atoms in total. The van der Waals surface area contributed by atoms with E-state index >= 15 is 0 Å². The quantitative estimate of drug-likeness (QED) is 0.486. The fourth-order valence-corrected chi connectivity index (χ4v) is 4.63. The highest BCUT2D eigenvalue weighted by molar-refractivity contribution is 6.05. The fraction of sp³-hybridized carbons (Fsp3) is 0.478. The molecule has 14 heteroatoms. The molecule has 0 atom stereocenters. The Bertz CT molecular complexity index is 1340. The number of carbonyl (C=O) groups excluding carboxylic acids is 1. The number of rotatable bonds is 5. The number of carboxylic acid groups (broad SMARTS) is 1. The van der Waals surface area contributed by atoms with E-state index in [1.165, 1.54) is 13.1 Å². The number of halogens is 4. The molecule has 2 N–H and O–H groups in total. The second-order valence-corrected chi connectivity index (χ2v) is 9.71. The van der Waals surface area contributed by atoms with Crippen LogP contribution < -0.4 is 10.1 Å². The number of carbonyl (C=O) groups is 2. The monoisotopic (exact) mass is 527 g/mol. The number of alkyl halides is 3. The number of aliphatic carboxylic acids is 1. The van der Waals surface area contributed by atoms with Gasteiger partial charge < -0.3 is 24.3 Å². The van der Waals surface area contributed by atoms with Gasteiger partial charge in [-0.1, -0.05) is 0 Å². The highest BCUT2D eigenvalue weighted by Gasteiger charge is 2.61. The second kappa shape index (κ2) is 9.01. The molecule has 3 aliphatic rings. The van der Waals surface area contributed by atoms with Crippen LogP contribution in [0.2, 0.25) is 0 Å². The Labute approximate surface area is 208 Å². The van der Waals surface area contributed by atoms with E-state index in [9.17, 15) is 22.4 Å². The molecule has 2 saturated heterocycles. The Hall–Kier alpha value is -3.68. The molecule has 2 bridgehead atoms. The normalized spacial score (nSPS) is 22.4. The number of pyridine rings is 1. The molecule has 0 spiro atoms. The van der Waals surface area contributed by atoms with E-state index in [2.05, 4.69) is 17.3 Å². The first-order valence-corrected chi connectivity index (χ1v) is 11.3. The molecule has 1 aliphatic carbocycles. The van der Waals surface area contributed by atoms with Crippen molar-refractivity contribution >= 4 is 23.3 Å². The SMILES string of the molecule is CC(C)Oc1cc2nc(C34COC(C)(C3)C4)cn2cc1C(=O)Nc1cc(F)n(C)n1.O=C(O)C(F)(F)F. The summed E-state index contributed by atoms with van der Waals surface area (Å²) in [5, 5.41) is 13.7. The third-order valence-corrected chi connectivity index (χ3v) is 6.13. The van der Waals surface area contributed by atoms with Gasteiger partial charge in [-0.25, -0.2) is 14.5 Å². The van der Waals surface area contributed by atoms with Crippen molar-refractivity contribution < 1.29 is 41.7 Å². The Kier molecular flexibility index (Phi) is 6.42. The standard InChI is InChI=1S/C21H24FN5O3.C2HF3O2/c1-12(2)30-14-5-18-23-15(21-9-20(3,10-21)29-11-21)8-27(18)7-13(14)19(28)24-17-6-16(22)26(4)25-17;3-2(4,5)1(6)7/h5-8,12H,9-11H2,1-4H3,(H,24,25,28);(H,6,7). The van der Waals surface area contributed by atoms with Crippen molar-refractivity contribution in [2.45, 2.75) is 56.9 Å². The van der Waals surface area contributed by atoms with Gasteiger partial charge in [-0.2, -0.15) is 22.7 Å². The number of fused-ring (bicyclic) bond motifs is 2. The summed E-state index contributed by atoms with van der Waals surface area (Å²) in [7, 11) is 1.47. The summed E-state index contributed by atoms with van der Waals surface area (Å²) >= 11 is 0. The van der Waals surface area contributed by atoms with Gasteiger partial charge in [0.25, 0.3) is 5.91 Å². The second-order valence-electron chi connectivity index (χ2n) is 9.71. The molecule has 0 radical (unpaired) electrons. The van der Waals surface area contributed by atoms with Gasteiger partial charge in [-0.15, -0.1) is 0 Å². The number of nitrogens with zero attached hydrogens (tertiary/aromatic N) is 4. The summed E-state index contributed by atoms with van der Waals surface area (Å²) in [5.74, 6) is -3.17. The number of aryl methyl sites for hydroxylation is 1. The number of carboxylic acids is 1. The lowest BCUT2D eigenvalue weighted by atomic mass is 9.62. The number of imidazole rings is 1. The van der Waals surface area contributed by atoms with Crippen molar-refractivity contribution in [3.63, 3.8) is 0 Å². The van der Waals surface area contributed by atoms with Gasteiger partial charge in [-0.3, -0.25) is 4.79 Å². The molecule has 3 aromatic heterocycles. The zero-order valence-electron chi connectivity index (χ0n) is 20.4. The lowest BCUT2D eigenvalue weighted by Gasteiger charge is -2.41. The van der Waals surface area contributed by atoms with Crippen molar-refractivity contribution in [1.29, 1.82) is 0 Å². The number of nitrogens with one attached hydrogen (secondary N) is 1. The van der Waals surface area contributed by atoms with Crippen molar-refractivity contribution in [1.82, 2.24) is 19.2 Å². The van der Waals surface area contributed by atoms with E-state index in [-0.39, 0.29) is 22.9 Å². The molecular formula is C23H25F4N5O5. The number of hydrogen-bond donors (Lipinski definition) is 2. The van der Waals surface area contributed by atoms with Crippen LogP contribution in [0.5, 0.6) is 5.75 Å². The molecule has 200 valence electrons. The van der Waals surface area contributed by atoms with Crippen LogP contribution in [-0.2, 0) is 22.0 Å². The Morgan fingerprint density at radius 1 is 1.24 bits per heavy atom. The number of ether oxygens (including phenoxy) is 2. The van der Waals surface area contributed by atoms with E-state index in [4.69, 9.17) is 24.4 Å². The fourth-order valence-electron chi connectivity index (χ4n) is 4.63. The van der Waals surface area contributed by atoms with Crippen LogP contribution in [0.15, 0.2) is 24.5 Å². The molecule has 37 heavy (non-hydrogen) atoms. The number of amides is 1. The third-order valence-electron chi connectivity index (χ3n) is 6.13.